The number of alkyl carbamates (subject to hydrolysis) is 1. The molecule has 25 heavy (non-hydrogen) atoms. The van der Waals surface area contributed by atoms with Crippen LogP contribution in [0.3, 0.4) is 0 Å². The predicted octanol–water partition coefficient (Wildman–Crippen LogP) is 3.68. The van der Waals surface area contributed by atoms with Crippen molar-refractivity contribution in [2.75, 3.05) is 7.11 Å². The van der Waals surface area contributed by atoms with Gasteiger partial charge in [-0.3, -0.25) is 0 Å². The Bertz CT molecular complexity index is 764. The minimum absolute atomic E-state index is 0.0514. The van der Waals surface area contributed by atoms with Crippen LogP contribution in [-0.2, 0) is 4.74 Å². The van der Waals surface area contributed by atoms with Gasteiger partial charge in [0.2, 0.25) is 5.88 Å². The van der Waals surface area contributed by atoms with Crippen molar-refractivity contribution in [2.45, 2.75) is 51.4 Å². The Morgan fingerprint density at radius 2 is 1.92 bits per heavy atom. The fraction of sp³-hybridized carbons (Fsp3) is 0.474. The maximum Gasteiger partial charge on any atom is 0.407 e. The second-order valence-corrected chi connectivity index (χ2v) is 7.26. The van der Waals surface area contributed by atoms with Gasteiger partial charge in [-0.1, -0.05) is 0 Å². The normalized spacial score (nSPS) is 19.8. The van der Waals surface area contributed by atoms with E-state index in [0.29, 0.717) is 5.88 Å². The fourth-order valence-corrected chi connectivity index (χ4v) is 2.70. The molecule has 0 bridgehead atoms. The molecule has 1 aromatic heterocycles. The lowest BCUT2D eigenvalue weighted by Gasteiger charge is -2.35. The Morgan fingerprint density at radius 3 is 2.60 bits per heavy atom. The highest BCUT2D eigenvalue weighted by Crippen LogP contribution is 2.27. The minimum Gasteiger partial charge on any atom is -0.497 e. The number of ether oxygens (including phenoxy) is 3. The number of benzene rings is 1. The molecule has 0 atom stereocenters. The number of carbonyl (C=O) groups is 1. The summed E-state index contributed by atoms with van der Waals surface area (Å²) < 4.78 is 16.4. The third-order valence-electron chi connectivity index (χ3n) is 3.98. The van der Waals surface area contributed by atoms with Crippen LogP contribution in [0.5, 0.6) is 11.6 Å². The number of hydrogen-bond acceptors (Lipinski definition) is 5. The molecule has 1 N–H and O–H groups in total. The first-order chi connectivity index (χ1) is 11.8. The molecule has 0 spiro atoms. The summed E-state index contributed by atoms with van der Waals surface area (Å²) >= 11 is 0. The van der Waals surface area contributed by atoms with E-state index in [9.17, 15) is 4.79 Å². The monoisotopic (exact) mass is 344 g/mol. The van der Waals surface area contributed by atoms with E-state index in [1.807, 2.05) is 51.1 Å². The first-order valence-corrected chi connectivity index (χ1v) is 8.43. The van der Waals surface area contributed by atoms with Gasteiger partial charge in [-0.25, -0.2) is 9.78 Å². The summed E-state index contributed by atoms with van der Waals surface area (Å²) in [5.74, 6) is 1.35. The zero-order valence-corrected chi connectivity index (χ0v) is 15.0. The molecule has 1 saturated carbocycles. The molecule has 0 unspecified atom stereocenters. The number of rotatable bonds is 4. The van der Waals surface area contributed by atoms with Crippen molar-refractivity contribution in [1.29, 1.82) is 0 Å². The molecule has 134 valence electrons. The quantitative estimate of drug-likeness (QED) is 0.916. The van der Waals surface area contributed by atoms with Crippen molar-refractivity contribution in [3.63, 3.8) is 0 Å². The zero-order valence-electron chi connectivity index (χ0n) is 15.0. The summed E-state index contributed by atoms with van der Waals surface area (Å²) in [6, 6.07) is 9.68. The van der Waals surface area contributed by atoms with E-state index in [1.165, 1.54) is 0 Å². The van der Waals surface area contributed by atoms with Gasteiger partial charge in [-0.15, -0.1) is 0 Å². The number of aromatic nitrogens is 1. The highest BCUT2D eigenvalue weighted by Gasteiger charge is 2.33. The lowest BCUT2D eigenvalue weighted by atomic mass is 9.89. The number of carbonyl (C=O) groups excluding carboxylic acids is 1. The van der Waals surface area contributed by atoms with Gasteiger partial charge in [0.05, 0.1) is 12.6 Å². The van der Waals surface area contributed by atoms with E-state index in [0.717, 1.165) is 29.5 Å². The van der Waals surface area contributed by atoms with Gasteiger partial charge >= 0.3 is 6.09 Å². The van der Waals surface area contributed by atoms with E-state index >= 15 is 0 Å². The van der Waals surface area contributed by atoms with Crippen LogP contribution < -0.4 is 14.8 Å². The first kappa shape index (κ1) is 17.3. The van der Waals surface area contributed by atoms with Crippen LogP contribution in [0.2, 0.25) is 0 Å². The summed E-state index contributed by atoms with van der Waals surface area (Å²) in [6.07, 6.45) is 1.16. The second kappa shape index (κ2) is 6.78. The van der Waals surface area contributed by atoms with E-state index in [4.69, 9.17) is 14.2 Å². The SMILES string of the molecule is COc1ccc2ccc(OC3CC(NC(=O)OC(C)(C)C)C3)nc2c1. The smallest absolute Gasteiger partial charge is 0.407 e. The number of hydrogen-bond donors (Lipinski definition) is 1. The Labute approximate surface area is 147 Å². The summed E-state index contributed by atoms with van der Waals surface area (Å²) in [5.41, 5.74) is 0.347. The van der Waals surface area contributed by atoms with Crippen molar-refractivity contribution in [3.05, 3.63) is 30.3 Å². The van der Waals surface area contributed by atoms with Crippen molar-refractivity contribution >= 4 is 17.0 Å². The third kappa shape index (κ3) is 4.53. The Balaban J connectivity index is 1.53. The Morgan fingerprint density at radius 1 is 1.20 bits per heavy atom. The maximum absolute atomic E-state index is 11.7. The van der Waals surface area contributed by atoms with E-state index in [1.54, 1.807) is 7.11 Å². The van der Waals surface area contributed by atoms with Gasteiger partial charge in [0.15, 0.2) is 0 Å². The molecule has 0 saturated heterocycles. The highest BCUT2D eigenvalue weighted by atomic mass is 16.6. The second-order valence-electron chi connectivity index (χ2n) is 7.26. The summed E-state index contributed by atoms with van der Waals surface area (Å²) in [7, 11) is 1.63. The molecule has 0 radical (unpaired) electrons. The maximum atomic E-state index is 11.7. The zero-order chi connectivity index (χ0) is 18.0. The molecule has 2 aromatic rings. The Hall–Kier alpha value is -2.50. The molecule has 6 nitrogen and oxygen atoms in total. The van der Waals surface area contributed by atoms with Crippen molar-refractivity contribution < 1.29 is 19.0 Å². The number of pyridine rings is 1. The van der Waals surface area contributed by atoms with Crippen LogP contribution in [-0.4, -0.2) is 35.9 Å². The molecule has 1 fully saturated rings. The van der Waals surface area contributed by atoms with Crippen LogP contribution in [0.25, 0.3) is 10.9 Å². The number of amides is 1. The van der Waals surface area contributed by atoms with Crippen molar-refractivity contribution in [2.24, 2.45) is 0 Å². The lowest BCUT2D eigenvalue weighted by Crippen LogP contribution is -2.50. The molecule has 1 amide bonds. The van der Waals surface area contributed by atoms with Gasteiger partial charge in [0, 0.05) is 36.4 Å². The van der Waals surface area contributed by atoms with Gasteiger partial charge in [0.25, 0.3) is 0 Å². The largest absolute Gasteiger partial charge is 0.497 e. The average Bonchev–Trinajstić information content (AvgIpc) is 2.50. The fourth-order valence-electron chi connectivity index (χ4n) is 2.70. The van der Waals surface area contributed by atoms with Crippen LogP contribution in [0.15, 0.2) is 30.3 Å². The summed E-state index contributed by atoms with van der Waals surface area (Å²) in [4.78, 5) is 16.3. The average molecular weight is 344 g/mol. The summed E-state index contributed by atoms with van der Waals surface area (Å²) in [6.45, 7) is 5.54. The van der Waals surface area contributed by atoms with E-state index in [2.05, 4.69) is 10.3 Å². The van der Waals surface area contributed by atoms with Crippen LogP contribution in [0.4, 0.5) is 4.79 Å². The Kier molecular flexibility index (Phi) is 4.70. The molecule has 6 heteroatoms. The van der Waals surface area contributed by atoms with Gasteiger partial charge in [-0.2, -0.15) is 0 Å². The standard InChI is InChI=1S/C19H24N2O4/c1-19(2,3)25-18(22)20-13-9-15(10-13)24-17-8-6-12-5-7-14(23-4)11-16(12)21-17/h5-8,11,13,15H,9-10H2,1-4H3,(H,20,22). The summed E-state index contributed by atoms with van der Waals surface area (Å²) in [5, 5.41) is 3.89. The molecular weight excluding hydrogens is 320 g/mol. The van der Waals surface area contributed by atoms with Crippen molar-refractivity contribution in [3.8, 4) is 11.6 Å². The topological polar surface area (TPSA) is 69.7 Å². The van der Waals surface area contributed by atoms with Gasteiger partial charge in [-0.05, 0) is 39.0 Å². The molecule has 0 aliphatic heterocycles. The number of nitrogens with one attached hydrogen (secondary N) is 1. The number of fused-ring (bicyclic) bond motifs is 1. The number of methoxy groups -OCH3 is 1. The third-order valence-corrected chi connectivity index (χ3v) is 3.98. The molecule has 1 heterocycles. The van der Waals surface area contributed by atoms with Gasteiger partial charge < -0.3 is 19.5 Å². The molecule has 1 aromatic carbocycles. The molecule has 3 rings (SSSR count). The minimum atomic E-state index is -0.486. The van der Waals surface area contributed by atoms with Crippen LogP contribution in [0, 0.1) is 0 Å². The number of nitrogens with zero attached hydrogens (tertiary/aromatic N) is 1. The highest BCUT2D eigenvalue weighted by molar-refractivity contribution is 5.80. The van der Waals surface area contributed by atoms with Crippen molar-refractivity contribution in [1.82, 2.24) is 10.3 Å². The van der Waals surface area contributed by atoms with Gasteiger partial charge in [0.1, 0.15) is 17.5 Å². The predicted molar refractivity (Wildman–Crippen MR) is 95.1 cm³/mol. The molecule has 1 aliphatic rings. The lowest BCUT2D eigenvalue weighted by molar-refractivity contribution is 0.0355. The first-order valence-electron chi connectivity index (χ1n) is 8.43. The van der Waals surface area contributed by atoms with Crippen LogP contribution in [0.1, 0.15) is 33.6 Å². The molecule has 1 aliphatic carbocycles. The molecular formula is C19H24N2O4. The van der Waals surface area contributed by atoms with Crippen LogP contribution >= 0.6 is 0 Å². The van der Waals surface area contributed by atoms with E-state index in [-0.39, 0.29) is 18.2 Å². The van der Waals surface area contributed by atoms with E-state index < -0.39 is 5.60 Å².